The Kier molecular flexibility index (Phi) is 4.93. The molecule has 0 saturated heterocycles. The van der Waals surface area contributed by atoms with Gasteiger partial charge in [-0.2, -0.15) is 0 Å². The molecule has 1 aromatic rings. The fraction of sp³-hybridized carbons (Fsp3) is 0.400. The highest BCUT2D eigenvalue weighted by atomic mass is 32.2. The van der Waals surface area contributed by atoms with E-state index < -0.39 is 33.2 Å². The molecule has 1 heterocycles. The Balaban J connectivity index is 2.90. The van der Waals surface area contributed by atoms with E-state index in [1.807, 2.05) is 0 Å². The molecule has 0 unspecified atom stereocenters. The van der Waals surface area contributed by atoms with Gasteiger partial charge in [0.2, 0.25) is 5.91 Å². The molecule has 1 aromatic heterocycles. The normalized spacial score (nSPS) is 11.0. The van der Waals surface area contributed by atoms with Gasteiger partial charge in [-0.1, -0.05) is 0 Å². The van der Waals surface area contributed by atoms with Crippen LogP contribution in [0.1, 0.15) is 23.0 Å². The molecule has 0 bridgehead atoms. The molecular weight excluding hydrogens is 274 g/mol. The molecule has 8 nitrogen and oxygen atoms in total. The first-order chi connectivity index (χ1) is 8.85. The van der Waals surface area contributed by atoms with E-state index >= 15 is 0 Å². The number of nitrogens with one attached hydrogen (secondary N) is 1. The number of amides is 1. The number of carbonyl (C=O) groups is 2. The molecule has 0 aliphatic heterocycles. The quantitative estimate of drug-likeness (QED) is 0.703. The smallest absolute Gasteiger partial charge is 0.339 e. The number of aromatic carboxylic acids is 1. The van der Waals surface area contributed by atoms with Crippen LogP contribution >= 0.6 is 0 Å². The number of carboxylic acids is 1. The van der Waals surface area contributed by atoms with Crippen molar-refractivity contribution in [1.82, 2.24) is 15.3 Å². The monoisotopic (exact) mass is 287 g/mol. The van der Waals surface area contributed by atoms with Crippen molar-refractivity contribution >= 4 is 21.7 Å². The van der Waals surface area contributed by atoms with E-state index in [4.69, 9.17) is 5.11 Å². The van der Waals surface area contributed by atoms with E-state index in [0.29, 0.717) is 6.54 Å². The van der Waals surface area contributed by atoms with Gasteiger partial charge >= 0.3 is 5.97 Å². The van der Waals surface area contributed by atoms with Gasteiger partial charge in [-0.3, -0.25) is 4.79 Å². The van der Waals surface area contributed by atoms with E-state index in [-0.39, 0.29) is 11.3 Å². The van der Waals surface area contributed by atoms with Gasteiger partial charge in [0.25, 0.3) is 0 Å². The maximum Gasteiger partial charge on any atom is 0.339 e. The van der Waals surface area contributed by atoms with Gasteiger partial charge < -0.3 is 10.4 Å². The predicted octanol–water partition coefficient (Wildman–Crippen LogP) is -0.774. The van der Waals surface area contributed by atoms with Crippen LogP contribution in [0.2, 0.25) is 0 Å². The van der Waals surface area contributed by atoms with Crippen molar-refractivity contribution in [2.24, 2.45) is 0 Å². The van der Waals surface area contributed by atoms with Crippen molar-refractivity contribution < 1.29 is 23.1 Å². The summed E-state index contributed by atoms with van der Waals surface area (Å²) in [4.78, 5) is 29.3. The van der Waals surface area contributed by atoms with Crippen LogP contribution in [0.3, 0.4) is 0 Å². The van der Waals surface area contributed by atoms with Crippen molar-refractivity contribution in [3.05, 3.63) is 23.8 Å². The van der Waals surface area contributed by atoms with Gasteiger partial charge in [0.15, 0.2) is 9.84 Å². The summed E-state index contributed by atoms with van der Waals surface area (Å²) in [5, 5.41) is 11.2. The van der Waals surface area contributed by atoms with Crippen molar-refractivity contribution in [2.45, 2.75) is 12.7 Å². The molecule has 0 spiro atoms. The lowest BCUT2D eigenvalue weighted by Gasteiger charge is -2.06. The molecule has 0 saturated carbocycles. The Hall–Kier alpha value is -2.03. The molecule has 19 heavy (non-hydrogen) atoms. The summed E-state index contributed by atoms with van der Waals surface area (Å²) >= 11 is 0. The highest BCUT2D eigenvalue weighted by molar-refractivity contribution is 7.91. The van der Waals surface area contributed by atoms with Crippen LogP contribution in [0.4, 0.5) is 0 Å². The van der Waals surface area contributed by atoms with Gasteiger partial charge in [-0.25, -0.2) is 23.2 Å². The molecule has 0 atom stereocenters. The highest BCUT2D eigenvalue weighted by Crippen LogP contribution is 2.09. The number of hydrogen-bond donors (Lipinski definition) is 2. The Labute approximate surface area is 109 Å². The second-order valence-electron chi connectivity index (χ2n) is 3.67. The summed E-state index contributed by atoms with van der Waals surface area (Å²) in [5.41, 5.74) is -0.422. The summed E-state index contributed by atoms with van der Waals surface area (Å²) in [6, 6.07) is 0. The summed E-state index contributed by atoms with van der Waals surface area (Å²) in [6.07, 6.45) is 2.08. The van der Waals surface area contributed by atoms with Crippen molar-refractivity contribution in [3.8, 4) is 0 Å². The van der Waals surface area contributed by atoms with Gasteiger partial charge in [0.1, 0.15) is 17.6 Å². The van der Waals surface area contributed by atoms with Crippen LogP contribution in [-0.4, -0.2) is 47.7 Å². The minimum absolute atomic E-state index is 0.133. The molecule has 0 radical (unpaired) electrons. The number of carboxylic acid groups (broad SMARTS) is 1. The predicted molar refractivity (Wildman–Crippen MR) is 65.2 cm³/mol. The summed E-state index contributed by atoms with van der Waals surface area (Å²) in [6.45, 7) is 1.99. The minimum Gasteiger partial charge on any atom is -0.478 e. The Morgan fingerprint density at radius 2 is 2.11 bits per heavy atom. The number of rotatable bonds is 6. The SMILES string of the molecule is CCNC(=O)CS(=O)(=O)Cc1ncncc1C(=O)O. The molecule has 0 aliphatic carbocycles. The van der Waals surface area contributed by atoms with Gasteiger partial charge in [0, 0.05) is 12.7 Å². The molecule has 1 rings (SSSR count). The maximum atomic E-state index is 11.7. The van der Waals surface area contributed by atoms with E-state index in [9.17, 15) is 18.0 Å². The number of nitrogens with zero attached hydrogens (tertiary/aromatic N) is 2. The molecule has 0 fully saturated rings. The van der Waals surface area contributed by atoms with E-state index in [1.165, 1.54) is 0 Å². The highest BCUT2D eigenvalue weighted by Gasteiger charge is 2.21. The average Bonchev–Trinajstić information content (AvgIpc) is 2.28. The first-order valence-corrected chi connectivity index (χ1v) is 7.17. The zero-order chi connectivity index (χ0) is 14.5. The molecular formula is C10H13N3O5S. The number of sulfone groups is 1. The molecule has 2 N–H and O–H groups in total. The third kappa shape index (κ3) is 4.62. The lowest BCUT2D eigenvalue weighted by molar-refractivity contribution is -0.118. The second-order valence-corrected chi connectivity index (χ2v) is 5.74. The van der Waals surface area contributed by atoms with Crippen LogP contribution in [0.5, 0.6) is 0 Å². The van der Waals surface area contributed by atoms with Gasteiger partial charge in [-0.05, 0) is 6.92 Å². The first kappa shape index (κ1) is 15.0. The first-order valence-electron chi connectivity index (χ1n) is 5.35. The molecule has 0 aliphatic rings. The molecule has 0 aromatic carbocycles. The van der Waals surface area contributed by atoms with Crippen LogP contribution in [0, 0.1) is 0 Å². The topological polar surface area (TPSA) is 126 Å². The van der Waals surface area contributed by atoms with Gasteiger partial charge in [0.05, 0.1) is 11.4 Å². The van der Waals surface area contributed by atoms with Crippen LogP contribution in [0.25, 0.3) is 0 Å². The fourth-order valence-electron chi connectivity index (χ4n) is 1.36. The lowest BCUT2D eigenvalue weighted by Crippen LogP contribution is -2.30. The Morgan fingerprint density at radius 3 is 2.68 bits per heavy atom. The van der Waals surface area contributed by atoms with E-state index in [1.54, 1.807) is 6.92 Å². The zero-order valence-electron chi connectivity index (χ0n) is 10.2. The number of carbonyl (C=O) groups excluding carboxylic acids is 1. The number of hydrogen-bond acceptors (Lipinski definition) is 6. The third-order valence-corrected chi connectivity index (χ3v) is 3.52. The lowest BCUT2D eigenvalue weighted by atomic mass is 10.2. The zero-order valence-corrected chi connectivity index (χ0v) is 11.0. The maximum absolute atomic E-state index is 11.7. The average molecular weight is 287 g/mol. The van der Waals surface area contributed by atoms with Gasteiger partial charge in [-0.15, -0.1) is 0 Å². The van der Waals surface area contributed by atoms with E-state index in [2.05, 4.69) is 15.3 Å². The van der Waals surface area contributed by atoms with Crippen LogP contribution in [0.15, 0.2) is 12.5 Å². The second kappa shape index (κ2) is 6.23. The van der Waals surface area contributed by atoms with E-state index in [0.717, 1.165) is 12.5 Å². The summed E-state index contributed by atoms with van der Waals surface area (Å²) in [7, 11) is -3.78. The number of aromatic nitrogens is 2. The summed E-state index contributed by atoms with van der Waals surface area (Å²) in [5.74, 6) is -3.27. The Morgan fingerprint density at radius 1 is 1.42 bits per heavy atom. The largest absolute Gasteiger partial charge is 0.478 e. The molecule has 1 amide bonds. The van der Waals surface area contributed by atoms with Crippen molar-refractivity contribution in [3.63, 3.8) is 0 Å². The third-order valence-electron chi connectivity index (χ3n) is 2.11. The summed E-state index contributed by atoms with van der Waals surface area (Å²) < 4.78 is 23.5. The van der Waals surface area contributed by atoms with Crippen LogP contribution < -0.4 is 5.32 Å². The van der Waals surface area contributed by atoms with Crippen LogP contribution in [-0.2, 0) is 20.4 Å². The van der Waals surface area contributed by atoms with Crippen molar-refractivity contribution in [1.29, 1.82) is 0 Å². The standard InChI is InChI=1S/C10H13N3O5S/c1-2-12-9(14)5-19(17,18)4-8-7(10(15)16)3-11-6-13-8/h3,6H,2,4-5H2,1H3,(H,12,14)(H,15,16). The Bertz CT molecular complexity index is 585. The molecule has 9 heteroatoms. The molecule has 104 valence electrons. The van der Waals surface area contributed by atoms with Crippen molar-refractivity contribution in [2.75, 3.05) is 12.3 Å². The fourth-order valence-corrected chi connectivity index (χ4v) is 2.61. The minimum atomic E-state index is -3.78.